The molecule has 1 N–H and O–H groups in total. The highest BCUT2D eigenvalue weighted by molar-refractivity contribution is 7.99. The topological polar surface area (TPSA) is 81.7 Å². The highest BCUT2D eigenvalue weighted by atomic mass is 32.2. The third-order valence-electron chi connectivity index (χ3n) is 3.31. The van der Waals surface area contributed by atoms with Crippen LogP contribution in [0, 0.1) is 11.6 Å². The van der Waals surface area contributed by atoms with E-state index in [4.69, 9.17) is 0 Å². The number of rotatable bonds is 9. The van der Waals surface area contributed by atoms with Gasteiger partial charge in [0, 0.05) is 17.2 Å². The van der Waals surface area contributed by atoms with E-state index in [1.807, 2.05) is 0 Å². The number of nitrogens with one attached hydrogen (secondary N) is 1. The van der Waals surface area contributed by atoms with Gasteiger partial charge in [0.1, 0.15) is 5.82 Å². The van der Waals surface area contributed by atoms with Gasteiger partial charge in [-0.3, -0.25) is 0 Å². The third-order valence-corrected chi connectivity index (χ3v) is 5.78. The highest BCUT2D eigenvalue weighted by Gasteiger charge is 2.21. The molecule has 0 fully saturated rings. The SMILES string of the molecule is COC(=O)C(F)Oc1ccc(SCCNS(=O)(=O)c2ccc(F)cc2)cc1F. The average Bonchev–Trinajstić information content (AvgIpc) is 2.66. The van der Waals surface area contributed by atoms with Crippen molar-refractivity contribution in [3.63, 3.8) is 0 Å². The van der Waals surface area contributed by atoms with Crippen LogP contribution in [0.25, 0.3) is 0 Å². The molecule has 0 saturated carbocycles. The smallest absolute Gasteiger partial charge is 0.380 e. The zero-order chi connectivity index (χ0) is 20.7. The molecule has 2 aromatic carbocycles. The lowest BCUT2D eigenvalue weighted by atomic mass is 10.3. The van der Waals surface area contributed by atoms with Crippen molar-refractivity contribution in [2.75, 3.05) is 19.4 Å². The van der Waals surface area contributed by atoms with E-state index in [-0.39, 0.29) is 17.2 Å². The van der Waals surface area contributed by atoms with E-state index in [1.54, 1.807) is 0 Å². The van der Waals surface area contributed by atoms with Crippen LogP contribution in [0.15, 0.2) is 52.3 Å². The summed E-state index contributed by atoms with van der Waals surface area (Å²) in [6.45, 7) is 0.0408. The van der Waals surface area contributed by atoms with Gasteiger partial charge in [-0.05, 0) is 42.5 Å². The van der Waals surface area contributed by atoms with Crippen LogP contribution in [0.5, 0.6) is 5.75 Å². The molecule has 2 aromatic rings. The number of hydrogen-bond donors (Lipinski definition) is 1. The second kappa shape index (κ2) is 9.80. The fourth-order valence-electron chi connectivity index (χ4n) is 1.96. The molecule has 1 unspecified atom stereocenters. The second-order valence-electron chi connectivity index (χ2n) is 5.25. The first-order valence-corrected chi connectivity index (χ1v) is 10.3. The van der Waals surface area contributed by atoms with E-state index < -0.39 is 39.7 Å². The van der Waals surface area contributed by atoms with Crippen molar-refractivity contribution in [1.82, 2.24) is 4.72 Å². The lowest BCUT2D eigenvalue weighted by Gasteiger charge is -2.11. The number of carbonyl (C=O) groups is 1. The molecule has 28 heavy (non-hydrogen) atoms. The Morgan fingerprint density at radius 1 is 1.18 bits per heavy atom. The first-order chi connectivity index (χ1) is 13.2. The molecule has 0 amide bonds. The molecule has 11 heteroatoms. The number of thioether (sulfide) groups is 1. The van der Waals surface area contributed by atoms with Gasteiger partial charge in [0.05, 0.1) is 12.0 Å². The van der Waals surface area contributed by atoms with Crippen molar-refractivity contribution in [3.8, 4) is 5.75 Å². The number of hydrogen-bond acceptors (Lipinski definition) is 6. The van der Waals surface area contributed by atoms with Gasteiger partial charge in [-0.25, -0.2) is 26.7 Å². The molecule has 0 aliphatic rings. The molecular weight excluding hydrogens is 419 g/mol. The van der Waals surface area contributed by atoms with Crippen molar-refractivity contribution in [2.45, 2.75) is 16.1 Å². The van der Waals surface area contributed by atoms with Crippen LogP contribution >= 0.6 is 11.8 Å². The Morgan fingerprint density at radius 2 is 1.86 bits per heavy atom. The number of alkyl halides is 1. The van der Waals surface area contributed by atoms with Gasteiger partial charge >= 0.3 is 12.3 Å². The van der Waals surface area contributed by atoms with Crippen LogP contribution in [0.2, 0.25) is 0 Å². The molecule has 0 aliphatic heterocycles. The Kier molecular flexibility index (Phi) is 7.72. The second-order valence-corrected chi connectivity index (χ2v) is 8.18. The van der Waals surface area contributed by atoms with Gasteiger partial charge in [0.2, 0.25) is 10.0 Å². The molecule has 1 atom stereocenters. The van der Waals surface area contributed by atoms with Crippen molar-refractivity contribution >= 4 is 27.8 Å². The molecule has 0 spiro atoms. The first kappa shape index (κ1) is 22.1. The summed E-state index contributed by atoms with van der Waals surface area (Å²) >= 11 is 1.14. The van der Waals surface area contributed by atoms with Gasteiger partial charge in [0.25, 0.3) is 0 Å². The average molecular weight is 435 g/mol. The molecule has 0 heterocycles. The number of halogens is 3. The third kappa shape index (κ3) is 6.14. The van der Waals surface area contributed by atoms with Crippen molar-refractivity contribution in [1.29, 1.82) is 0 Å². The maximum absolute atomic E-state index is 13.9. The van der Waals surface area contributed by atoms with Crippen LogP contribution < -0.4 is 9.46 Å². The van der Waals surface area contributed by atoms with Crippen LogP contribution in [-0.4, -0.2) is 40.2 Å². The maximum atomic E-state index is 13.9. The van der Waals surface area contributed by atoms with E-state index in [1.165, 1.54) is 6.07 Å². The molecular formula is C17H16F3NO5S2. The standard InChI is InChI=1S/C17H16F3NO5S2/c1-25-17(22)16(20)26-15-7-4-12(10-14(15)19)27-9-8-21-28(23,24)13-5-2-11(18)3-6-13/h2-7,10,16,21H,8-9H2,1H3. The van der Waals surface area contributed by atoms with Crippen LogP contribution in [-0.2, 0) is 19.6 Å². The Bertz CT molecular complexity index is 923. The van der Waals surface area contributed by atoms with E-state index in [0.717, 1.165) is 55.3 Å². The summed E-state index contributed by atoms with van der Waals surface area (Å²) in [6.07, 6.45) is -2.45. The van der Waals surface area contributed by atoms with E-state index in [2.05, 4.69) is 14.2 Å². The van der Waals surface area contributed by atoms with E-state index in [0.29, 0.717) is 4.90 Å². The Labute approximate surface area is 164 Å². The van der Waals surface area contributed by atoms with Gasteiger partial charge < -0.3 is 9.47 Å². The molecule has 0 aromatic heterocycles. The molecule has 0 bridgehead atoms. The number of benzene rings is 2. The molecule has 6 nitrogen and oxygen atoms in total. The minimum atomic E-state index is -3.78. The minimum Gasteiger partial charge on any atom is -0.464 e. The highest BCUT2D eigenvalue weighted by Crippen LogP contribution is 2.26. The summed E-state index contributed by atoms with van der Waals surface area (Å²) in [5, 5.41) is 0. The predicted octanol–water partition coefficient (Wildman–Crippen LogP) is 2.88. The minimum absolute atomic E-state index is 0.0408. The Balaban J connectivity index is 1.87. The molecule has 0 radical (unpaired) electrons. The van der Waals surface area contributed by atoms with Crippen molar-refractivity contribution < 1.29 is 35.9 Å². The first-order valence-electron chi connectivity index (χ1n) is 7.79. The monoisotopic (exact) mass is 435 g/mol. The fourth-order valence-corrected chi connectivity index (χ4v) is 3.91. The van der Waals surface area contributed by atoms with Crippen LogP contribution in [0.3, 0.4) is 0 Å². The lowest BCUT2D eigenvalue weighted by molar-refractivity contribution is -0.157. The van der Waals surface area contributed by atoms with Gasteiger partial charge in [-0.1, -0.05) is 0 Å². The normalized spacial score (nSPS) is 12.4. The van der Waals surface area contributed by atoms with E-state index in [9.17, 15) is 26.4 Å². The maximum Gasteiger partial charge on any atom is 0.380 e. The number of esters is 1. The van der Waals surface area contributed by atoms with Gasteiger partial charge in [0.15, 0.2) is 11.6 Å². The van der Waals surface area contributed by atoms with Crippen LogP contribution in [0.4, 0.5) is 13.2 Å². The summed E-state index contributed by atoms with van der Waals surface area (Å²) in [6, 6.07) is 8.02. The summed E-state index contributed by atoms with van der Waals surface area (Å²) in [5.41, 5.74) is 0. The lowest BCUT2D eigenvalue weighted by Crippen LogP contribution is -2.26. The van der Waals surface area contributed by atoms with E-state index >= 15 is 0 Å². The summed E-state index contributed by atoms with van der Waals surface area (Å²) in [5.74, 6) is -2.91. The summed E-state index contributed by atoms with van der Waals surface area (Å²) in [7, 11) is -2.81. The zero-order valence-corrected chi connectivity index (χ0v) is 16.2. The zero-order valence-electron chi connectivity index (χ0n) is 14.5. The number of ether oxygens (including phenoxy) is 2. The summed E-state index contributed by atoms with van der Waals surface area (Å²) in [4.78, 5) is 11.3. The van der Waals surface area contributed by atoms with Gasteiger partial charge in [-0.2, -0.15) is 4.39 Å². The molecule has 0 saturated heterocycles. The van der Waals surface area contributed by atoms with Crippen LogP contribution in [0.1, 0.15) is 0 Å². The predicted molar refractivity (Wildman–Crippen MR) is 96.3 cm³/mol. The van der Waals surface area contributed by atoms with Gasteiger partial charge in [-0.15, -0.1) is 11.8 Å². The number of sulfonamides is 1. The largest absolute Gasteiger partial charge is 0.464 e. The summed E-state index contributed by atoms with van der Waals surface area (Å²) < 4.78 is 75.2. The van der Waals surface area contributed by atoms with Crippen molar-refractivity contribution in [2.24, 2.45) is 0 Å². The number of carbonyl (C=O) groups excluding carboxylic acids is 1. The molecule has 0 aliphatic carbocycles. The quantitative estimate of drug-likeness (QED) is 0.371. The van der Waals surface area contributed by atoms with Crippen molar-refractivity contribution in [3.05, 3.63) is 54.1 Å². The molecule has 2 rings (SSSR count). The number of methoxy groups -OCH3 is 1. The Hall–Kier alpha value is -2.24. The Morgan fingerprint density at radius 3 is 2.46 bits per heavy atom. The molecule has 152 valence electrons. The fraction of sp³-hybridized carbons (Fsp3) is 0.235.